The molecule has 1 aliphatic heterocycles. The molecule has 1 saturated carbocycles. The van der Waals surface area contributed by atoms with E-state index in [2.05, 4.69) is 10.1 Å². The molecule has 1 aromatic heterocycles. The highest BCUT2D eigenvalue weighted by atomic mass is 35.5. The third-order valence-corrected chi connectivity index (χ3v) is 6.24. The predicted octanol–water partition coefficient (Wildman–Crippen LogP) is 2.07. The summed E-state index contributed by atoms with van der Waals surface area (Å²) in [6.45, 7) is 2.04. The molecule has 2 aromatic rings. The molecule has 1 aromatic carbocycles. The van der Waals surface area contributed by atoms with E-state index in [1.165, 1.54) is 12.1 Å². The van der Waals surface area contributed by atoms with Gasteiger partial charge in [0.2, 0.25) is 11.7 Å². The van der Waals surface area contributed by atoms with Crippen LogP contribution in [0.3, 0.4) is 0 Å². The van der Waals surface area contributed by atoms with Crippen molar-refractivity contribution in [1.82, 2.24) is 15.0 Å². The standard InChI is InChI=1S/C21H27ClFN5O4/c22-16-10-18(31-12-14(24)11-29)17(23)9-15(16)19-25-21(32-26-19)28-7-5-27(6-8-28)20(30)13-3-1-2-4-13/h9-10,13-14,29H,1-8,11-12,24H2/t14-/m0/s1. The highest BCUT2D eigenvalue weighted by Gasteiger charge is 2.30. The van der Waals surface area contributed by atoms with E-state index in [0.717, 1.165) is 25.7 Å². The van der Waals surface area contributed by atoms with E-state index in [-0.39, 0.29) is 47.2 Å². The minimum Gasteiger partial charge on any atom is -0.489 e. The molecule has 174 valence electrons. The number of carbonyl (C=O) groups excluding carboxylic acids is 1. The minimum absolute atomic E-state index is 0.0509. The molecule has 2 aliphatic rings. The van der Waals surface area contributed by atoms with Crippen molar-refractivity contribution in [1.29, 1.82) is 0 Å². The van der Waals surface area contributed by atoms with E-state index in [1.807, 2.05) is 9.80 Å². The molecule has 2 heterocycles. The van der Waals surface area contributed by atoms with E-state index in [0.29, 0.717) is 32.2 Å². The van der Waals surface area contributed by atoms with Crippen LogP contribution in [0.15, 0.2) is 16.7 Å². The van der Waals surface area contributed by atoms with Crippen molar-refractivity contribution in [2.24, 2.45) is 11.7 Å². The average Bonchev–Trinajstić information content (AvgIpc) is 3.51. The SMILES string of the molecule is N[C@@H](CO)COc1cc(Cl)c(-c2noc(N3CCN(C(=O)C4CCCC4)CC3)n2)cc1F. The lowest BCUT2D eigenvalue weighted by molar-refractivity contribution is -0.135. The maximum Gasteiger partial charge on any atom is 0.324 e. The Morgan fingerprint density at radius 2 is 2.03 bits per heavy atom. The number of aliphatic hydroxyl groups is 1. The van der Waals surface area contributed by atoms with Crippen molar-refractivity contribution in [2.75, 3.05) is 44.3 Å². The van der Waals surface area contributed by atoms with Crippen LogP contribution in [-0.2, 0) is 4.79 Å². The first kappa shape index (κ1) is 22.8. The summed E-state index contributed by atoms with van der Waals surface area (Å²) >= 11 is 6.29. The number of amides is 1. The smallest absolute Gasteiger partial charge is 0.324 e. The Bertz CT molecular complexity index is 944. The van der Waals surface area contributed by atoms with Gasteiger partial charge in [0, 0.05) is 43.7 Å². The lowest BCUT2D eigenvalue weighted by Crippen LogP contribution is -2.50. The lowest BCUT2D eigenvalue weighted by atomic mass is 10.1. The van der Waals surface area contributed by atoms with Gasteiger partial charge in [0.1, 0.15) is 6.61 Å². The molecule has 0 radical (unpaired) electrons. The summed E-state index contributed by atoms with van der Waals surface area (Å²) in [7, 11) is 0. The molecule has 0 unspecified atom stereocenters. The van der Waals surface area contributed by atoms with Crippen LogP contribution >= 0.6 is 11.6 Å². The fourth-order valence-electron chi connectivity index (χ4n) is 4.06. The second-order valence-electron chi connectivity index (χ2n) is 8.21. The Balaban J connectivity index is 1.39. The maximum absolute atomic E-state index is 14.5. The van der Waals surface area contributed by atoms with Crippen LogP contribution in [0.1, 0.15) is 25.7 Å². The van der Waals surface area contributed by atoms with Gasteiger partial charge in [-0.05, 0) is 18.9 Å². The number of hydrogen-bond acceptors (Lipinski definition) is 8. The van der Waals surface area contributed by atoms with E-state index in [9.17, 15) is 9.18 Å². The Morgan fingerprint density at radius 3 is 2.72 bits per heavy atom. The zero-order valence-electron chi connectivity index (χ0n) is 17.7. The second kappa shape index (κ2) is 10.0. The Hall–Kier alpha value is -2.43. The summed E-state index contributed by atoms with van der Waals surface area (Å²) in [4.78, 5) is 20.8. The highest BCUT2D eigenvalue weighted by molar-refractivity contribution is 6.33. The number of piperazine rings is 1. The number of aromatic nitrogens is 2. The zero-order chi connectivity index (χ0) is 22.7. The van der Waals surface area contributed by atoms with Gasteiger partial charge in [-0.25, -0.2) is 4.39 Å². The number of benzene rings is 1. The van der Waals surface area contributed by atoms with Crippen molar-refractivity contribution in [3.05, 3.63) is 23.0 Å². The first-order chi connectivity index (χ1) is 15.5. The molecule has 1 atom stereocenters. The largest absolute Gasteiger partial charge is 0.489 e. The number of carbonyl (C=O) groups is 1. The van der Waals surface area contributed by atoms with Gasteiger partial charge >= 0.3 is 6.01 Å². The summed E-state index contributed by atoms with van der Waals surface area (Å²) in [6, 6.07) is 2.18. The number of nitrogens with two attached hydrogens (primary N) is 1. The molecular weight excluding hydrogens is 441 g/mol. The van der Waals surface area contributed by atoms with Crippen molar-refractivity contribution in [2.45, 2.75) is 31.7 Å². The average molecular weight is 468 g/mol. The fraction of sp³-hybridized carbons (Fsp3) is 0.571. The number of ether oxygens (including phenoxy) is 1. The first-order valence-corrected chi connectivity index (χ1v) is 11.2. The number of nitrogens with zero attached hydrogens (tertiary/aromatic N) is 4. The van der Waals surface area contributed by atoms with Crippen LogP contribution in [0.2, 0.25) is 5.02 Å². The summed E-state index contributed by atoms with van der Waals surface area (Å²) in [5.74, 6) is -0.154. The van der Waals surface area contributed by atoms with Crippen molar-refractivity contribution < 1.29 is 23.6 Å². The van der Waals surface area contributed by atoms with Crippen LogP contribution in [0.25, 0.3) is 11.4 Å². The zero-order valence-corrected chi connectivity index (χ0v) is 18.4. The number of anilines is 1. The van der Waals surface area contributed by atoms with Crippen LogP contribution in [0.5, 0.6) is 5.75 Å². The lowest BCUT2D eigenvalue weighted by Gasteiger charge is -2.34. The molecule has 4 rings (SSSR count). The van der Waals surface area contributed by atoms with Gasteiger partial charge in [-0.3, -0.25) is 4.79 Å². The first-order valence-electron chi connectivity index (χ1n) is 10.8. The molecule has 1 amide bonds. The van der Waals surface area contributed by atoms with E-state index in [1.54, 1.807) is 0 Å². The maximum atomic E-state index is 14.5. The van der Waals surface area contributed by atoms with E-state index < -0.39 is 11.9 Å². The van der Waals surface area contributed by atoms with Gasteiger partial charge < -0.3 is 29.9 Å². The molecule has 1 aliphatic carbocycles. The number of halogens is 2. The minimum atomic E-state index is -0.653. The van der Waals surface area contributed by atoms with Gasteiger partial charge in [0.15, 0.2) is 11.6 Å². The van der Waals surface area contributed by atoms with E-state index in [4.69, 9.17) is 31.7 Å². The number of hydrogen-bond donors (Lipinski definition) is 2. The van der Waals surface area contributed by atoms with Crippen LogP contribution in [0.4, 0.5) is 10.4 Å². The molecule has 32 heavy (non-hydrogen) atoms. The molecule has 9 nitrogen and oxygen atoms in total. The van der Waals surface area contributed by atoms with E-state index >= 15 is 0 Å². The Kier molecular flexibility index (Phi) is 7.12. The van der Waals surface area contributed by atoms with Gasteiger partial charge in [0.05, 0.1) is 17.7 Å². The fourth-order valence-corrected chi connectivity index (χ4v) is 4.30. The van der Waals surface area contributed by atoms with Gasteiger partial charge in [-0.15, -0.1) is 0 Å². The molecule has 1 saturated heterocycles. The third-order valence-electron chi connectivity index (χ3n) is 5.93. The third kappa shape index (κ3) is 4.97. The topological polar surface area (TPSA) is 118 Å². The summed E-state index contributed by atoms with van der Waals surface area (Å²) in [5, 5.41) is 13.1. The molecule has 11 heteroatoms. The highest BCUT2D eigenvalue weighted by Crippen LogP contribution is 2.33. The molecular formula is C21H27ClFN5O4. The summed E-state index contributed by atoms with van der Waals surface area (Å²) < 4.78 is 25.1. The number of rotatable bonds is 7. The van der Waals surface area contributed by atoms with Crippen LogP contribution < -0.4 is 15.4 Å². The summed E-state index contributed by atoms with van der Waals surface area (Å²) in [5.41, 5.74) is 5.84. The van der Waals surface area contributed by atoms with Crippen LogP contribution in [-0.4, -0.2) is 71.5 Å². The molecule has 0 bridgehead atoms. The molecule has 0 spiro atoms. The van der Waals surface area contributed by atoms with Gasteiger partial charge in [-0.2, -0.15) is 4.98 Å². The monoisotopic (exact) mass is 467 g/mol. The predicted molar refractivity (Wildman–Crippen MR) is 116 cm³/mol. The Labute approximate surface area is 190 Å². The number of aliphatic hydroxyl groups excluding tert-OH is 1. The van der Waals surface area contributed by atoms with Crippen molar-refractivity contribution in [3.63, 3.8) is 0 Å². The van der Waals surface area contributed by atoms with Crippen molar-refractivity contribution in [3.8, 4) is 17.1 Å². The Morgan fingerprint density at radius 1 is 1.31 bits per heavy atom. The van der Waals surface area contributed by atoms with Crippen LogP contribution in [0, 0.1) is 11.7 Å². The summed E-state index contributed by atoms with van der Waals surface area (Å²) in [6.07, 6.45) is 4.24. The molecule has 3 N–H and O–H groups in total. The van der Waals surface area contributed by atoms with Crippen molar-refractivity contribution >= 4 is 23.5 Å². The van der Waals surface area contributed by atoms with Gasteiger partial charge in [0.25, 0.3) is 0 Å². The molecule has 2 fully saturated rings. The quantitative estimate of drug-likeness (QED) is 0.635. The second-order valence-corrected chi connectivity index (χ2v) is 8.62. The van der Waals surface area contributed by atoms with Gasteiger partial charge in [-0.1, -0.05) is 29.6 Å². The normalized spacial score (nSPS) is 18.2.